The van der Waals surface area contributed by atoms with Crippen LogP contribution in [0, 0.1) is 0 Å². The largest absolute Gasteiger partial charge is 0.417 e. The second-order valence-corrected chi connectivity index (χ2v) is 4.16. The van der Waals surface area contributed by atoms with Gasteiger partial charge in [0.1, 0.15) is 6.26 Å². The molecule has 2 N–H and O–H groups in total. The number of nitrogens with one attached hydrogen (secondary N) is 2. The van der Waals surface area contributed by atoms with Crippen LogP contribution in [-0.4, -0.2) is 15.0 Å². The number of aromatic nitrogens is 3. The van der Waals surface area contributed by atoms with Crippen LogP contribution in [0.2, 0.25) is 0 Å². The summed E-state index contributed by atoms with van der Waals surface area (Å²) >= 11 is 0. The summed E-state index contributed by atoms with van der Waals surface area (Å²) in [6, 6.07) is 3.65. The highest BCUT2D eigenvalue weighted by Crippen LogP contribution is 2.21. The van der Waals surface area contributed by atoms with Gasteiger partial charge in [0, 0.05) is 24.2 Å². The number of nitrogens with zero attached hydrogens (tertiary/aromatic N) is 1. The molecule has 110 valence electrons. The Hall–Kier alpha value is -2.83. The van der Waals surface area contributed by atoms with Gasteiger partial charge < -0.3 is 8.83 Å². The number of oxazole rings is 2. The fourth-order valence-electron chi connectivity index (χ4n) is 1.75. The lowest BCUT2D eigenvalue weighted by molar-refractivity contribution is 0.515. The van der Waals surface area contributed by atoms with E-state index in [0.717, 1.165) is 24.1 Å². The number of pyridine rings is 1. The van der Waals surface area contributed by atoms with Gasteiger partial charge in [-0.1, -0.05) is 13.3 Å². The molecule has 0 spiro atoms. The highest BCUT2D eigenvalue weighted by atomic mass is 16.4. The Morgan fingerprint density at radius 2 is 1.95 bits per heavy atom. The number of H-pyrrole nitrogens is 2. The van der Waals surface area contributed by atoms with Gasteiger partial charge in [0.15, 0.2) is 5.76 Å². The van der Waals surface area contributed by atoms with Crippen molar-refractivity contribution in [2.75, 3.05) is 0 Å². The highest BCUT2D eigenvalue weighted by Gasteiger charge is 2.10. The van der Waals surface area contributed by atoms with Crippen molar-refractivity contribution < 1.29 is 8.83 Å². The molecule has 3 heterocycles. The molecule has 0 aliphatic rings. The van der Waals surface area contributed by atoms with Gasteiger partial charge in [-0.2, -0.15) is 0 Å². The van der Waals surface area contributed by atoms with E-state index < -0.39 is 11.5 Å². The highest BCUT2D eigenvalue weighted by molar-refractivity contribution is 5.58. The molecule has 0 aliphatic heterocycles. The van der Waals surface area contributed by atoms with Crippen LogP contribution < -0.4 is 11.5 Å². The van der Waals surface area contributed by atoms with E-state index in [9.17, 15) is 9.59 Å². The Bertz CT molecular complexity index is 750. The van der Waals surface area contributed by atoms with Gasteiger partial charge in [-0.3, -0.25) is 15.0 Å². The van der Waals surface area contributed by atoms with Crippen molar-refractivity contribution in [1.82, 2.24) is 15.0 Å². The molecule has 0 saturated heterocycles. The zero-order chi connectivity index (χ0) is 15.1. The summed E-state index contributed by atoms with van der Waals surface area (Å²) in [7, 11) is 0. The van der Waals surface area contributed by atoms with Gasteiger partial charge in [0.25, 0.3) is 0 Å². The molecule has 7 nitrogen and oxygen atoms in total. The first-order valence-electron chi connectivity index (χ1n) is 6.45. The van der Waals surface area contributed by atoms with Gasteiger partial charge in [-0.25, -0.2) is 9.59 Å². The molecule has 21 heavy (non-hydrogen) atoms. The standard InChI is InChI=1S/C11H12N2O2.C3H3NO2/c1-2-3-9-10(15-11(14)13-9)8-4-6-12-7-5-8;5-3-4-1-2-6-3/h4-7H,2-3H2,1H3,(H,13,14);1-2H,(H,4,5). The van der Waals surface area contributed by atoms with Crippen LogP contribution >= 0.6 is 0 Å². The van der Waals surface area contributed by atoms with Crippen molar-refractivity contribution in [3.8, 4) is 11.3 Å². The lowest BCUT2D eigenvalue weighted by atomic mass is 10.1. The summed E-state index contributed by atoms with van der Waals surface area (Å²) in [5.74, 6) is -0.176. The molecule has 0 unspecified atom stereocenters. The van der Waals surface area contributed by atoms with E-state index >= 15 is 0 Å². The SMILES string of the molecule is CCCc1[nH]c(=O)oc1-c1ccncc1.O=c1[nH]cco1. The predicted octanol–water partition coefficient (Wildman–Crippen LogP) is 1.95. The van der Waals surface area contributed by atoms with E-state index in [4.69, 9.17) is 4.42 Å². The van der Waals surface area contributed by atoms with Crippen LogP contribution in [-0.2, 0) is 6.42 Å². The topological polar surface area (TPSA) is 105 Å². The third kappa shape index (κ3) is 4.07. The molecule has 0 radical (unpaired) electrons. The summed E-state index contributed by atoms with van der Waals surface area (Å²) in [4.78, 5) is 29.9. The quantitative estimate of drug-likeness (QED) is 0.766. The third-order valence-corrected chi connectivity index (χ3v) is 2.61. The van der Waals surface area contributed by atoms with E-state index in [1.54, 1.807) is 12.4 Å². The zero-order valence-corrected chi connectivity index (χ0v) is 11.5. The second kappa shape index (κ2) is 7.09. The summed E-state index contributed by atoms with van der Waals surface area (Å²) < 4.78 is 9.34. The van der Waals surface area contributed by atoms with Crippen molar-refractivity contribution in [2.24, 2.45) is 0 Å². The first-order chi connectivity index (χ1) is 10.2. The van der Waals surface area contributed by atoms with Crippen molar-refractivity contribution >= 4 is 0 Å². The minimum atomic E-state index is -0.407. The van der Waals surface area contributed by atoms with Crippen LogP contribution in [0.5, 0.6) is 0 Å². The van der Waals surface area contributed by atoms with Crippen LogP contribution in [0.1, 0.15) is 19.0 Å². The smallest absolute Gasteiger partial charge is 0.417 e. The van der Waals surface area contributed by atoms with Gasteiger partial charge in [0.2, 0.25) is 0 Å². The summed E-state index contributed by atoms with van der Waals surface area (Å²) in [5, 5.41) is 0. The summed E-state index contributed by atoms with van der Waals surface area (Å²) in [6.07, 6.45) is 7.86. The fraction of sp³-hybridized carbons (Fsp3) is 0.214. The molecule has 0 saturated carbocycles. The van der Waals surface area contributed by atoms with Crippen LogP contribution in [0.25, 0.3) is 11.3 Å². The van der Waals surface area contributed by atoms with E-state index in [1.165, 1.54) is 12.5 Å². The molecule has 0 bridgehead atoms. The average molecular weight is 289 g/mol. The van der Waals surface area contributed by atoms with E-state index in [0.29, 0.717) is 5.76 Å². The Morgan fingerprint density at radius 1 is 1.19 bits per heavy atom. The Labute approximate surface area is 119 Å². The fourth-order valence-corrected chi connectivity index (χ4v) is 1.75. The maximum Gasteiger partial charge on any atom is 0.417 e. The molecule has 3 aromatic rings. The molecule has 3 rings (SSSR count). The number of rotatable bonds is 3. The monoisotopic (exact) mass is 289 g/mol. The Balaban J connectivity index is 0.000000225. The number of hydrogen-bond acceptors (Lipinski definition) is 5. The maximum absolute atomic E-state index is 11.1. The first kappa shape index (κ1) is 14.6. The molecular formula is C14H15N3O4. The van der Waals surface area contributed by atoms with Crippen molar-refractivity contribution in [1.29, 1.82) is 0 Å². The van der Waals surface area contributed by atoms with E-state index in [2.05, 4.69) is 26.3 Å². The average Bonchev–Trinajstić information content (AvgIpc) is 3.10. The van der Waals surface area contributed by atoms with Gasteiger partial charge >= 0.3 is 11.5 Å². The predicted molar refractivity (Wildman–Crippen MR) is 75.9 cm³/mol. The second-order valence-electron chi connectivity index (χ2n) is 4.16. The van der Waals surface area contributed by atoms with E-state index in [-0.39, 0.29) is 0 Å². The zero-order valence-electron chi connectivity index (χ0n) is 11.5. The number of aromatic amines is 2. The van der Waals surface area contributed by atoms with Crippen molar-refractivity contribution in [3.63, 3.8) is 0 Å². The third-order valence-electron chi connectivity index (χ3n) is 2.61. The molecule has 0 fully saturated rings. The van der Waals surface area contributed by atoms with Gasteiger partial charge in [0.05, 0.1) is 5.69 Å². The number of hydrogen-bond donors (Lipinski definition) is 2. The normalized spacial score (nSPS) is 9.95. The maximum atomic E-state index is 11.1. The van der Waals surface area contributed by atoms with Crippen molar-refractivity contribution in [3.05, 3.63) is 63.8 Å². The van der Waals surface area contributed by atoms with Crippen LogP contribution in [0.4, 0.5) is 0 Å². The van der Waals surface area contributed by atoms with Crippen LogP contribution in [0.15, 0.2) is 55.4 Å². The number of aryl methyl sites for hydroxylation is 1. The molecule has 0 atom stereocenters. The van der Waals surface area contributed by atoms with Gasteiger partial charge in [-0.15, -0.1) is 0 Å². The first-order valence-corrected chi connectivity index (χ1v) is 6.45. The lowest BCUT2D eigenvalue weighted by Crippen LogP contribution is -1.96. The molecule has 0 aromatic carbocycles. The summed E-state index contributed by atoms with van der Waals surface area (Å²) in [6.45, 7) is 2.06. The Kier molecular flexibility index (Phi) is 4.92. The molecule has 3 aromatic heterocycles. The van der Waals surface area contributed by atoms with E-state index in [1.807, 2.05) is 12.1 Å². The van der Waals surface area contributed by atoms with Crippen molar-refractivity contribution in [2.45, 2.75) is 19.8 Å². The summed E-state index contributed by atoms with van der Waals surface area (Å²) in [5.41, 5.74) is 1.74. The molecular weight excluding hydrogens is 274 g/mol. The molecule has 7 heteroatoms. The molecule has 0 amide bonds. The minimum absolute atomic E-state index is 0.398. The minimum Gasteiger partial charge on any atom is -0.417 e. The van der Waals surface area contributed by atoms with Gasteiger partial charge in [-0.05, 0) is 18.6 Å². The van der Waals surface area contributed by atoms with Crippen LogP contribution in [0.3, 0.4) is 0 Å². The lowest BCUT2D eigenvalue weighted by Gasteiger charge is -1.98. The Morgan fingerprint density at radius 3 is 2.48 bits per heavy atom. The molecule has 0 aliphatic carbocycles.